The van der Waals surface area contributed by atoms with Crippen molar-refractivity contribution in [3.8, 4) is 5.75 Å². The first-order chi connectivity index (χ1) is 15.3. The van der Waals surface area contributed by atoms with E-state index in [1.165, 1.54) is 22.5 Å². The lowest BCUT2D eigenvalue weighted by Crippen LogP contribution is -2.39. The molecule has 0 bridgehead atoms. The van der Waals surface area contributed by atoms with E-state index in [0.717, 1.165) is 38.7 Å². The summed E-state index contributed by atoms with van der Waals surface area (Å²) in [4.78, 5) is 15.0. The minimum Gasteiger partial charge on any atom is -0.481 e. The lowest BCUT2D eigenvalue weighted by Gasteiger charge is -2.28. The molecule has 2 aromatic rings. The van der Waals surface area contributed by atoms with Gasteiger partial charge in [-0.05, 0) is 54.7 Å². The minimum absolute atomic E-state index is 0.131. The summed E-state index contributed by atoms with van der Waals surface area (Å²) < 4.78 is 30.3. The van der Waals surface area contributed by atoms with Crippen molar-refractivity contribution in [1.82, 2.24) is 10.2 Å². The molecular formula is C24H33N3O4S. The van der Waals surface area contributed by atoms with E-state index >= 15 is 0 Å². The smallest absolute Gasteiger partial charge is 0.261 e. The number of sulfonamides is 1. The molecule has 32 heavy (non-hydrogen) atoms. The summed E-state index contributed by atoms with van der Waals surface area (Å²) in [6.07, 6.45) is 3.07. The topological polar surface area (TPSA) is 78.9 Å². The zero-order valence-electron chi connectivity index (χ0n) is 19.1. The van der Waals surface area contributed by atoms with Gasteiger partial charge in [0.25, 0.3) is 5.91 Å². The Bertz CT molecular complexity index is 1010. The van der Waals surface area contributed by atoms with Gasteiger partial charge in [0.15, 0.2) is 6.10 Å². The summed E-state index contributed by atoms with van der Waals surface area (Å²) in [6, 6.07) is 15.3. The molecule has 1 unspecified atom stereocenters. The van der Waals surface area contributed by atoms with E-state index in [9.17, 15) is 13.2 Å². The van der Waals surface area contributed by atoms with Gasteiger partial charge in [-0.25, -0.2) is 8.42 Å². The number of hydrogen-bond acceptors (Lipinski definition) is 5. The molecule has 1 atom stereocenters. The third-order valence-electron chi connectivity index (χ3n) is 5.80. The van der Waals surface area contributed by atoms with E-state index in [2.05, 4.69) is 34.5 Å². The van der Waals surface area contributed by atoms with Crippen molar-refractivity contribution in [1.29, 1.82) is 0 Å². The first-order valence-electron chi connectivity index (χ1n) is 11.1. The van der Waals surface area contributed by atoms with Crippen molar-refractivity contribution in [2.24, 2.45) is 0 Å². The Morgan fingerprint density at radius 3 is 2.50 bits per heavy atom. The molecule has 1 aliphatic rings. The lowest BCUT2D eigenvalue weighted by atomic mass is 10.00. The summed E-state index contributed by atoms with van der Waals surface area (Å²) in [5.74, 6) is 0.401. The molecular weight excluding hydrogens is 426 g/mol. The number of fused-ring (bicyclic) bond motifs is 1. The highest BCUT2D eigenvalue weighted by Crippen LogP contribution is 2.22. The van der Waals surface area contributed by atoms with Gasteiger partial charge in [0.2, 0.25) is 10.0 Å². The Kier molecular flexibility index (Phi) is 8.15. The minimum atomic E-state index is -3.32. The van der Waals surface area contributed by atoms with Crippen LogP contribution in [0.5, 0.6) is 5.75 Å². The van der Waals surface area contributed by atoms with Crippen LogP contribution in [0.25, 0.3) is 0 Å². The van der Waals surface area contributed by atoms with Gasteiger partial charge in [0.05, 0.1) is 11.9 Å². The molecule has 7 nitrogen and oxygen atoms in total. The molecule has 174 valence electrons. The Labute approximate surface area is 191 Å². The number of benzene rings is 2. The fourth-order valence-corrected chi connectivity index (χ4v) is 4.29. The number of rotatable bonds is 10. The second-order valence-corrected chi connectivity index (χ2v) is 10.2. The first kappa shape index (κ1) is 24.1. The highest BCUT2D eigenvalue weighted by Gasteiger charge is 2.19. The normalized spacial score (nSPS) is 15.0. The average Bonchev–Trinajstić information content (AvgIpc) is 2.79. The van der Waals surface area contributed by atoms with Crippen LogP contribution in [0.4, 0.5) is 5.69 Å². The molecule has 0 saturated carbocycles. The number of ether oxygens (including phenoxy) is 1. The molecule has 8 heteroatoms. The molecule has 3 rings (SSSR count). The zero-order valence-corrected chi connectivity index (χ0v) is 19.9. The largest absolute Gasteiger partial charge is 0.481 e. The van der Waals surface area contributed by atoms with Crippen molar-refractivity contribution in [2.45, 2.75) is 38.8 Å². The maximum absolute atomic E-state index is 12.6. The molecule has 0 spiro atoms. The fourth-order valence-electron chi connectivity index (χ4n) is 3.79. The van der Waals surface area contributed by atoms with E-state index in [4.69, 9.17) is 4.74 Å². The van der Waals surface area contributed by atoms with Crippen molar-refractivity contribution in [2.75, 3.05) is 37.2 Å². The van der Waals surface area contributed by atoms with Crippen molar-refractivity contribution in [3.63, 3.8) is 0 Å². The number of carbonyl (C=O) groups excluding carboxylic acids is 1. The molecule has 0 fully saturated rings. The van der Waals surface area contributed by atoms with Gasteiger partial charge in [0, 0.05) is 33.2 Å². The molecule has 1 N–H and O–H groups in total. The van der Waals surface area contributed by atoms with Crippen LogP contribution in [0.15, 0.2) is 48.5 Å². The lowest BCUT2D eigenvalue weighted by molar-refractivity contribution is -0.128. The van der Waals surface area contributed by atoms with Crippen LogP contribution in [0.1, 0.15) is 30.9 Å². The third-order valence-corrected chi connectivity index (χ3v) is 7.01. The van der Waals surface area contributed by atoms with E-state index in [1.54, 1.807) is 24.3 Å². The second-order valence-electron chi connectivity index (χ2n) is 8.18. The molecule has 0 radical (unpaired) electrons. The van der Waals surface area contributed by atoms with Crippen molar-refractivity contribution in [3.05, 3.63) is 59.7 Å². The number of carbonyl (C=O) groups is 1. The molecule has 0 aliphatic carbocycles. The second kappa shape index (κ2) is 10.8. The standard InChI is InChI=1S/C24H33N3O4S/c1-4-23(31-22-12-10-21(11-13-22)26(2)32(3,29)30)24(28)25-15-7-16-27-17-14-19-8-5-6-9-20(19)18-27/h5-6,8-13,23H,4,7,14-18H2,1-3H3,(H,25,28). The number of nitrogens with one attached hydrogen (secondary N) is 1. The van der Waals surface area contributed by atoms with Crippen LogP contribution >= 0.6 is 0 Å². The predicted molar refractivity (Wildman–Crippen MR) is 127 cm³/mol. The van der Waals surface area contributed by atoms with Crippen molar-refractivity contribution < 1.29 is 17.9 Å². The zero-order chi connectivity index (χ0) is 23.1. The summed E-state index contributed by atoms with van der Waals surface area (Å²) in [7, 11) is -1.82. The molecule has 2 aromatic carbocycles. The van der Waals surface area contributed by atoms with Gasteiger partial charge in [-0.1, -0.05) is 31.2 Å². The van der Waals surface area contributed by atoms with Crippen molar-refractivity contribution >= 4 is 21.6 Å². The van der Waals surface area contributed by atoms with E-state index in [-0.39, 0.29) is 5.91 Å². The maximum atomic E-state index is 12.6. The molecule has 0 aromatic heterocycles. The number of hydrogen-bond donors (Lipinski definition) is 1. The molecule has 1 amide bonds. The van der Waals surface area contributed by atoms with Crippen LogP contribution in [0.2, 0.25) is 0 Å². The SMILES string of the molecule is CCC(Oc1ccc(N(C)S(C)(=O)=O)cc1)C(=O)NCCCN1CCc2ccccc2C1. The number of anilines is 1. The molecule has 1 aliphatic heterocycles. The van der Waals surface area contributed by atoms with Gasteiger partial charge >= 0.3 is 0 Å². The monoisotopic (exact) mass is 459 g/mol. The quantitative estimate of drug-likeness (QED) is 0.553. The number of nitrogens with zero attached hydrogens (tertiary/aromatic N) is 2. The first-order valence-corrected chi connectivity index (χ1v) is 12.9. The Balaban J connectivity index is 1.43. The van der Waals surface area contributed by atoms with Gasteiger partial charge in [-0.3, -0.25) is 14.0 Å². The number of amides is 1. The highest BCUT2D eigenvalue weighted by molar-refractivity contribution is 7.92. The van der Waals surface area contributed by atoms with E-state index in [0.29, 0.717) is 24.4 Å². The Morgan fingerprint density at radius 1 is 1.16 bits per heavy atom. The Hall–Kier alpha value is -2.58. The predicted octanol–water partition coefficient (Wildman–Crippen LogP) is 2.80. The third kappa shape index (κ3) is 6.46. The van der Waals surface area contributed by atoms with Gasteiger partial charge in [-0.15, -0.1) is 0 Å². The van der Waals surface area contributed by atoms with Gasteiger partial charge in [-0.2, -0.15) is 0 Å². The van der Waals surface area contributed by atoms with Crippen LogP contribution in [-0.2, 0) is 27.8 Å². The Morgan fingerprint density at radius 2 is 1.84 bits per heavy atom. The van der Waals surface area contributed by atoms with Crippen LogP contribution in [-0.4, -0.2) is 58.3 Å². The van der Waals surface area contributed by atoms with Crippen LogP contribution in [0.3, 0.4) is 0 Å². The average molecular weight is 460 g/mol. The van der Waals surface area contributed by atoms with Crippen LogP contribution < -0.4 is 14.4 Å². The molecule has 0 saturated heterocycles. The summed E-state index contributed by atoms with van der Waals surface area (Å²) >= 11 is 0. The summed E-state index contributed by atoms with van der Waals surface area (Å²) in [5, 5.41) is 2.98. The van der Waals surface area contributed by atoms with E-state index < -0.39 is 16.1 Å². The summed E-state index contributed by atoms with van der Waals surface area (Å²) in [5.41, 5.74) is 3.38. The maximum Gasteiger partial charge on any atom is 0.261 e. The van der Waals surface area contributed by atoms with Crippen LogP contribution in [0, 0.1) is 0 Å². The van der Waals surface area contributed by atoms with Gasteiger partial charge < -0.3 is 10.1 Å². The van der Waals surface area contributed by atoms with E-state index in [1.807, 2.05) is 6.92 Å². The molecule has 1 heterocycles. The van der Waals surface area contributed by atoms with Gasteiger partial charge in [0.1, 0.15) is 5.75 Å². The summed E-state index contributed by atoms with van der Waals surface area (Å²) in [6.45, 7) is 5.48. The fraction of sp³-hybridized carbons (Fsp3) is 0.458. The highest BCUT2D eigenvalue weighted by atomic mass is 32.2.